The van der Waals surface area contributed by atoms with Gasteiger partial charge in [-0.1, -0.05) is 27.7 Å². The average molecular weight is 342 g/mol. The largest absolute Gasteiger partial charge is 0.369 e. The van der Waals surface area contributed by atoms with Gasteiger partial charge in [-0.3, -0.25) is 4.79 Å². The molecule has 0 spiro atoms. The van der Waals surface area contributed by atoms with E-state index in [4.69, 9.17) is 0 Å². The van der Waals surface area contributed by atoms with E-state index in [1.165, 1.54) is 0 Å². The lowest BCUT2D eigenvalue weighted by molar-refractivity contribution is 0.0925. The van der Waals surface area contributed by atoms with E-state index >= 15 is 0 Å². The Hall–Kier alpha value is -1.10. The van der Waals surface area contributed by atoms with Gasteiger partial charge >= 0.3 is 0 Å². The van der Waals surface area contributed by atoms with Crippen LogP contribution in [0.3, 0.4) is 0 Å². The molecule has 112 valence electrons. The van der Waals surface area contributed by atoms with E-state index in [0.29, 0.717) is 17.3 Å². The Kier molecular flexibility index (Phi) is 6.99. The number of hydrogen-bond acceptors (Lipinski definition) is 3. The maximum Gasteiger partial charge on any atom is 0.255 e. The molecule has 2 N–H and O–H groups in total. The first-order valence-corrected chi connectivity index (χ1v) is 7.99. The molecule has 0 bridgehead atoms. The maximum atomic E-state index is 12.4. The number of anilines is 1. The van der Waals surface area contributed by atoms with Gasteiger partial charge in [0.15, 0.2) is 0 Å². The molecule has 0 aliphatic rings. The molecule has 0 saturated heterocycles. The van der Waals surface area contributed by atoms with Crippen molar-refractivity contribution in [2.45, 2.75) is 46.6 Å². The van der Waals surface area contributed by atoms with Crippen molar-refractivity contribution in [3.63, 3.8) is 0 Å². The van der Waals surface area contributed by atoms with Crippen LogP contribution in [0.5, 0.6) is 0 Å². The summed E-state index contributed by atoms with van der Waals surface area (Å²) in [5, 5.41) is 6.29. The van der Waals surface area contributed by atoms with Crippen molar-refractivity contribution in [1.29, 1.82) is 0 Å². The Morgan fingerprint density at radius 3 is 2.65 bits per heavy atom. The summed E-state index contributed by atoms with van der Waals surface area (Å²) in [6.45, 7) is 9.20. The molecule has 1 aromatic rings. The van der Waals surface area contributed by atoms with E-state index in [0.717, 1.165) is 23.9 Å². The zero-order chi connectivity index (χ0) is 15.1. The lowest BCUT2D eigenvalue weighted by Gasteiger charge is -2.21. The van der Waals surface area contributed by atoms with Gasteiger partial charge in [0.1, 0.15) is 5.82 Å². The van der Waals surface area contributed by atoms with Gasteiger partial charge in [-0.05, 0) is 40.8 Å². The lowest BCUT2D eigenvalue weighted by Crippen LogP contribution is -2.38. The molecule has 0 aromatic carbocycles. The van der Waals surface area contributed by atoms with Crippen LogP contribution in [0.15, 0.2) is 16.7 Å². The molecule has 1 aromatic heterocycles. The van der Waals surface area contributed by atoms with Gasteiger partial charge in [-0.2, -0.15) is 0 Å². The predicted molar refractivity (Wildman–Crippen MR) is 87.1 cm³/mol. The summed E-state index contributed by atoms with van der Waals surface area (Å²) in [5.41, 5.74) is 0.590. The second-order valence-corrected chi connectivity index (χ2v) is 6.12. The number of hydrogen-bond donors (Lipinski definition) is 2. The molecule has 4 nitrogen and oxygen atoms in total. The number of halogens is 1. The maximum absolute atomic E-state index is 12.4. The number of carbonyl (C=O) groups is 1. The van der Waals surface area contributed by atoms with Crippen LogP contribution >= 0.6 is 15.9 Å². The molecule has 1 heterocycles. The van der Waals surface area contributed by atoms with E-state index in [2.05, 4.69) is 59.2 Å². The van der Waals surface area contributed by atoms with E-state index in [-0.39, 0.29) is 11.9 Å². The SMILES string of the molecule is CCCNc1ncc(Br)cc1C(=O)NC(CC)C(C)C. The predicted octanol–water partition coefficient (Wildman–Crippen LogP) is 3.83. The van der Waals surface area contributed by atoms with Crippen LogP contribution in [0, 0.1) is 5.92 Å². The second kappa shape index (κ2) is 8.25. The fourth-order valence-electron chi connectivity index (χ4n) is 1.98. The second-order valence-electron chi connectivity index (χ2n) is 5.21. The highest BCUT2D eigenvalue weighted by atomic mass is 79.9. The molecule has 5 heteroatoms. The zero-order valence-electron chi connectivity index (χ0n) is 12.7. The van der Waals surface area contributed by atoms with Crippen molar-refractivity contribution in [1.82, 2.24) is 10.3 Å². The topological polar surface area (TPSA) is 54.0 Å². The molecule has 1 amide bonds. The standard InChI is InChI=1S/C15H24BrN3O/c1-5-7-17-14-12(8-11(16)9-18-14)15(20)19-13(6-2)10(3)4/h8-10,13H,5-7H2,1-4H3,(H,17,18)(H,19,20). The van der Waals surface area contributed by atoms with E-state index in [1.54, 1.807) is 6.20 Å². The first-order chi connectivity index (χ1) is 9.49. The molecule has 1 rings (SSSR count). The Morgan fingerprint density at radius 1 is 1.40 bits per heavy atom. The fraction of sp³-hybridized carbons (Fsp3) is 0.600. The van der Waals surface area contributed by atoms with E-state index < -0.39 is 0 Å². The Labute approximate surface area is 129 Å². The molecule has 0 aliphatic heterocycles. The van der Waals surface area contributed by atoms with Crippen molar-refractivity contribution < 1.29 is 4.79 Å². The van der Waals surface area contributed by atoms with E-state index in [1.807, 2.05) is 6.07 Å². The number of amides is 1. The van der Waals surface area contributed by atoms with Gasteiger partial charge in [-0.25, -0.2) is 4.98 Å². The van der Waals surface area contributed by atoms with Gasteiger partial charge in [0.05, 0.1) is 5.56 Å². The first kappa shape index (κ1) is 17.0. The van der Waals surface area contributed by atoms with E-state index in [9.17, 15) is 4.79 Å². The molecular weight excluding hydrogens is 318 g/mol. The summed E-state index contributed by atoms with van der Waals surface area (Å²) in [4.78, 5) is 16.7. The number of rotatable bonds is 7. The van der Waals surface area contributed by atoms with Crippen molar-refractivity contribution in [2.24, 2.45) is 5.92 Å². The summed E-state index contributed by atoms with van der Waals surface area (Å²) >= 11 is 3.37. The summed E-state index contributed by atoms with van der Waals surface area (Å²) in [5.74, 6) is 0.986. The van der Waals surface area contributed by atoms with Gasteiger partial charge < -0.3 is 10.6 Å². The first-order valence-electron chi connectivity index (χ1n) is 7.19. The third-order valence-electron chi connectivity index (χ3n) is 3.20. The van der Waals surface area contributed by atoms with Crippen LogP contribution in [0.25, 0.3) is 0 Å². The van der Waals surface area contributed by atoms with Crippen LogP contribution < -0.4 is 10.6 Å². The van der Waals surface area contributed by atoms with Crippen molar-refractivity contribution in [3.8, 4) is 0 Å². The molecule has 1 atom stereocenters. The van der Waals surface area contributed by atoms with Gasteiger partial charge in [0, 0.05) is 23.3 Å². The quantitative estimate of drug-likeness (QED) is 0.792. The minimum absolute atomic E-state index is 0.0713. The highest BCUT2D eigenvalue weighted by Crippen LogP contribution is 2.19. The number of pyridine rings is 1. The molecule has 0 radical (unpaired) electrons. The monoisotopic (exact) mass is 341 g/mol. The highest BCUT2D eigenvalue weighted by Gasteiger charge is 2.18. The smallest absolute Gasteiger partial charge is 0.255 e. The van der Waals surface area contributed by atoms with Gasteiger partial charge in [0.25, 0.3) is 5.91 Å². The minimum Gasteiger partial charge on any atom is -0.369 e. The third-order valence-corrected chi connectivity index (χ3v) is 3.64. The summed E-state index contributed by atoms with van der Waals surface area (Å²) in [6.07, 6.45) is 3.61. The van der Waals surface area contributed by atoms with Gasteiger partial charge in [-0.15, -0.1) is 0 Å². The molecule has 0 fully saturated rings. The number of nitrogens with zero attached hydrogens (tertiary/aromatic N) is 1. The van der Waals surface area contributed by atoms with Crippen LogP contribution in [0.4, 0.5) is 5.82 Å². The third kappa shape index (κ3) is 4.78. The van der Waals surface area contributed by atoms with Crippen molar-refractivity contribution in [3.05, 3.63) is 22.3 Å². The molecule has 0 aliphatic carbocycles. The summed E-state index contributed by atoms with van der Waals surface area (Å²) in [7, 11) is 0. The highest BCUT2D eigenvalue weighted by molar-refractivity contribution is 9.10. The van der Waals surface area contributed by atoms with Crippen molar-refractivity contribution in [2.75, 3.05) is 11.9 Å². The zero-order valence-corrected chi connectivity index (χ0v) is 14.3. The minimum atomic E-state index is -0.0713. The number of nitrogens with one attached hydrogen (secondary N) is 2. The fourth-order valence-corrected chi connectivity index (χ4v) is 2.31. The van der Waals surface area contributed by atoms with Crippen LogP contribution in [0.1, 0.15) is 50.9 Å². The normalized spacial score (nSPS) is 12.3. The van der Waals surface area contributed by atoms with Crippen LogP contribution in [-0.4, -0.2) is 23.5 Å². The lowest BCUT2D eigenvalue weighted by atomic mass is 10.0. The summed E-state index contributed by atoms with van der Waals surface area (Å²) < 4.78 is 0.808. The molecule has 0 saturated carbocycles. The molecule has 20 heavy (non-hydrogen) atoms. The number of carbonyl (C=O) groups excluding carboxylic acids is 1. The number of aromatic nitrogens is 1. The molecule has 1 unspecified atom stereocenters. The average Bonchev–Trinajstić information content (AvgIpc) is 2.42. The van der Waals surface area contributed by atoms with Crippen molar-refractivity contribution >= 4 is 27.7 Å². The molecular formula is C15H24BrN3O. The van der Waals surface area contributed by atoms with Crippen LogP contribution in [-0.2, 0) is 0 Å². The van der Waals surface area contributed by atoms with Crippen LogP contribution in [0.2, 0.25) is 0 Å². The Balaban J connectivity index is 2.92. The van der Waals surface area contributed by atoms with Gasteiger partial charge in [0.2, 0.25) is 0 Å². The Morgan fingerprint density at radius 2 is 2.10 bits per heavy atom. The summed E-state index contributed by atoms with van der Waals surface area (Å²) in [6, 6.07) is 1.99. The Bertz CT molecular complexity index is 449.